The highest BCUT2D eigenvalue weighted by Crippen LogP contribution is 2.30. The Bertz CT molecular complexity index is 1090. The van der Waals surface area contributed by atoms with E-state index in [0.717, 1.165) is 30.0 Å². The zero-order chi connectivity index (χ0) is 20.3. The molecule has 1 heterocycles. The summed E-state index contributed by atoms with van der Waals surface area (Å²) in [5, 5.41) is -0.0258. The second-order valence-corrected chi connectivity index (χ2v) is 7.98. The van der Waals surface area contributed by atoms with Crippen LogP contribution in [-0.2, 0) is 16.4 Å². The molecule has 0 bridgehead atoms. The number of hydrogen-bond donors (Lipinski definition) is 1. The van der Waals surface area contributed by atoms with Crippen molar-refractivity contribution in [1.82, 2.24) is 9.36 Å². The predicted molar refractivity (Wildman–Crippen MR) is 99.4 cm³/mol. The van der Waals surface area contributed by atoms with Crippen LogP contribution in [0.3, 0.4) is 0 Å². The first-order chi connectivity index (χ1) is 13.4. The van der Waals surface area contributed by atoms with Crippen molar-refractivity contribution >= 4 is 26.7 Å². The maximum absolute atomic E-state index is 15.0. The minimum Gasteiger partial charge on any atom is -0.497 e. The van der Waals surface area contributed by atoms with Gasteiger partial charge in [-0.05, 0) is 23.8 Å². The normalized spacial score (nSPS) is 11.3. The molecule has 0 atom stereocenters. The minimum absolute atomic E-state index is 0.0258. The summed E-state index contributed by atoms with van der Waals surface area (Å²) in [7, 11) is -1.41. The highest BCUT2D eigenvalue weighted by Gasteiger charge is 2.25. The maximum atomic E-state index is 15.0. The zero-order valence-electron chi connectivity index (χ0n) is 14.8. The minimum atomic E-state index is -4.31. The lowest BCUT2D eigenvalue weighted by Crippen LogP contribution is -2.16. The molecular formula is C17H15F2N3O4S2. The molecule has 3 rings (SSSR count). The van der Waals surface area contributed by atoms with Gasteiger partial charge in [0.2, 0.25) is 5.13 Å². The van der Waals surface area contributed by atoms with Crippen molar-refractivity contribution in [2.45, 2.75) is 11.3 Å². The van der Waals surface area contributed by atoms with Crippen molar-refractivity contribution in [3.8, 4) is 11.5 Å². The molecule has 0 unspecified atom stereocenters. The van der Waals surface area contributed by atoms with Crippen LogP contribution in [0.4, 0.5) is 13.9 Å². The van der Waals surface area contributed by atoms with Gasteiger partial charge in [-0.1, -0.05) is 6.07 Å². The van der Waals surface area contributed by atoms with Crippen LogP contribution in [-0.4, -0.2) is 32.0 Å². The van der Waals surface area contributed by atoms with E-state index in [1.165, 1.54) is 14.2 Å². The highest BCUT2D eigenvalue weighted by molar-refractivity contribution is 7.93. The van der Waals surface area contributed by atoms with E-state index in [1.807, 2.05) is 0 Å². The largest absolute Gasteiger partial charge is 0.497 e. The first kappa shape index (κ1) is 20.0. The summed E-state index contributed by atoms with van der Waals surface area (Å²) in [6.07, 6.45) is 0.942. The molecule has 0 fully saturated rings. The first-order valence-corrected chi connectivity index (χ1v) is 10.1. The molecular weight excluding hydrogens is 412 g/mol. The number of anilines is 1. The number of ether oxygens (including phenoxy) is 2. The van der Waals surface area contributed by atoms with Gasteiger partial charge in [-0.3, -0.25) is 4.72 Å². The van der Waals surface area contributed by atoms with Crippen LogP contribution in [0.2, 0.25) is 0 Å². The molecule has 1 N–H and O–H groups in total. The number of rotatable bonds is 7. The number of nitrogens with zero attached hydrogens (tertiary/aromatic N) is 2. The molecule has 0 aliphatic heterocycles. The lowest BCUT2D eigenvalue weighted by atomic mass is 10.0. The Hall–Kier alpha value is -2.79. The van der Waals surface area contributed by atoms with Crippen LogP contribution in [0.25, 0.3) is 0 Å². The number of methoxy groups -OCH3 is 2. The van der Waals surface area contributed by atoms with Gasteiger partial charge < -0.3 is 9.47 Å². The van der Waals surface area contributed by atoms with E-state index in [9.17, 15) is 17.2 Å². The molecule has 7 nitrogen and oxygen atoms in total. The van der Waals surface area contributed by atoms with Crippen molar-refractivity contribution in [2.24, 2.45) is 0 Å². The summed E-state index contributed by atoms with van der Waals surface area (Å²) in [6, 6.07) is 6.55. The van der Waals surface area contributed by atoms with Crippen LogP contribution in [0.1, 0.15) is 11.1 Å². The van der Waals surface area contributed by atoms with Crippen LogP contribution in [0, 0.1) is 11.6 Å². The van der Waals surface area contributed by atoms with Crippen molar-refractivity contribution in [3.63, 3.8) is 0 Å². The molecule has 28 heavy (non-hydrogen) atoms. The average Bonchev–Trinajstić information content (AvgIpc) is 3.17. The van der Waals surface area contributed by atoms with Crippen molar-refractivity contribution in [1.29, 1.82) is 0 Å². The molecule has 0 amide bonds. The van der Waals surface area contributed by atoms with Crippen molar-refractivity contribution in [2.75, 3.05) is 18.9 Å². The van der Waals surface area contributed by atoms with Gasteiger partial charge in [-0.15, -0.1) is 0 Å². The molecule has 0 aliphatic carbocycles. The molecule has 2 aromatic carbocycles. The van der Waals surface area contributed by atoms with Gasteiger partial charge in [0.05, 0.1) is 14.2 Å². The van der Waals surface area contributed by atoms with Crippen LogP contribution < -0.4 is 14.2 Å². The smallest absolute Gasteiger partial charge is 0.266 e. The van der Waals surface area contributed by atoms with E-state index in [2.05, 4.69) is 14.1 Å². The summed E-state index contributed by atoms with van der Waals surface area (Å²) >= 11 is 0.792. The molecule has 11 heteroatoms. The van der Waals surface area contributed by atoms with E-state index in [-0.39, 0.29) is 11.6 Å². The summed E-state index contributed by atoms with van der Waals surface area (Å²) in [5.74, 6) is -1.18. The van der Waals surface area contributed by atoms with Crippen molar-refractivity contribution in [3.05, 3.63) is 59.4 Å². The van der Waals surface area contributed by atoms with Gasteiger partial charge in [0, 0.05) is 29.6 Å². The van der Waals surface area contributed by atoms with E-state index >= 15 is 0 Å². The number of sulfonamides is 1. The molecule has 0 aliphatic rings. The Balaban J connectivity index is 2.00. The summed E-state index contributed by atoms with van der Waals surface area (Å²) in [4.78, 5) is 3.01. The highest BCUT2D eigenvalue weighted by atomic mass is 32.2. The first-order valence-electron chi connectivity index (χ1n) is 7.83. The van der Waals surface area contributed by atoms with Crippen LogP contribution in [0.15, 0.2) is 41.6 Å². The Morgan fingerprint density at radius 2 is 1.93 bits per heavy atom. The predicted octanol–water partition coefficient (Wildman–Crippen LogP) is 3.23. The van der Waals surface area contributed by atoms with Gasteiger partial charge in [0.15, 0.2) is 0 Å². The topological polar surface area (TPSA) is 90.4 Å². The fourth-order valence-electron chi connectivity index (χ4n) is 2.52. The van der Waals surface area contributed by atoms with Crippen molar-refractivity contribution < 1.29 is 26.7 Å². The molecule has 0 saturated carbocycles. The molecule has 1 aromatic heterocycles. The maximum Gasteiger partial charge on any atom is 0.266 e. The third-order valence-corrected chi connectivity index (χ3v) is 5.95. The van der Waals surface area contributed by atoms with E-state index in [1.54, 1.807) is 18.2 Å². The van der Waals surface area contributed by atoms with Gasteiger partial charge in [0.1, 0.15) is 34.4 Å². The summed E-state index contributed by atoms with van der Waals surface area (Å²) in [6.45, 7) is 0. The fourth-order valence-corrected chi connectivity index (χ4v) is 4.29. The van der Waals surface area contributed by atoms with E-state index < -0.39 is 32.1 Å². The lowest BCUT2D eigenvalue weighted by molar-refractivity contribution is 0.391. The summed E-state index contributed by atoms with van der Waals surface area (Å²) < 4.78 is 70.3. The van der Waals surface area contributed by atoms with Gasteiger partial charge in [0.25, 0.3) is 10.0 Å². The fraction of sp³-hybridized carbons (Fsp3) is 0.176. The Kier molecular flexibility index (Phi) is 5.75. The van der Waals surface area contributed by atoms with E-state index in [4.69, 9.17) is 9.47 Å². The number of nitrogens with one attached hydrogen (secondary N) is 1. The standard InChI is InChI=1S/C17H15F2N3O4S2/c1-25-11-4-3-10(14(8-11)26-2)7-12-13(18)5-6-15(16(12)19)28(23,24)22-17-20-9-21-27-17/h3-6,8-9H,7H2,1-2H3,(H,20,21,22). The summed E-state index contributed by atoms with van der Waals surface area (Å²) in [5.41, 5.74) is 0.0661. The lowest BCUT2D eigenvalue weighted by Gasteiger charge is -2.13. The Morgan fingerprint density at radius 3 is 2.57 bits per heavy atom. The van der Waals surface area contributed by atoms with Gasteiger partial charge >= 0.3 is 0 Å². The third-order valence-electron chi connectivity index (χ3n) is 3.88. The number of halogens is 2. The van der Waals surface area contributed by atoms with Gasteiger partial charge in [-0.2, -0.15) is 4.37 Å². The molecule has 148 valence electrons. The second-order valence-electron chi connectivity index (χ2n) is 5.54. The number of aromatic nitrogens is 2. The zero-order valence-corrected chi connectivity index (χ0v) is 16.4. The second kappa shape index (κ2) is 8.07. The SMILES string of the molecule is COc1ccc(Cc2c(F)ccc(S(=O)(=O)Nc3ncns3)c2F)c(OC)c1. The van der Waals surface area contributed by atoms with Crippen LogP contribution in [0.5, 0.6) is 11.5 Å². The Morgan fingerprint density at radius 1 is 1.14 bits per heavy atom. The number of hydrogen-bond acceptors (Lipinski definition) is 7. The molecule has 0 spiro atoms. The quantitative estimate of drug-likeness (QED) is 0.623. The monoisotopic (exact) mass is 427 g/mol. The van der Waals surface area contributed by atoms with Gasteiger partial charge in [-0.25, -0.2) is 22.2 Å². The number of benzene rings is 2. The van der Waals surface area contributed by atoms with E-state index in [0.29, 0.717) is 17.1 Å². The molecule has 0 radical (unpaired) electrons. The Labute approximate surface area is 164 Å². The van der Waals surface area contributed by atoms with Crippen LogP contribution >= 0.6 is 11.5 Å². The third kappa shape index (κ3) is 4.04. The average molecular weight is 427 g/mol. The molecule has 0 saturated heterocycles. The molecule has 3 aromatic rings.